The second-order valence-electron chi connectivity index (χ2n) is 5.54. The molecule has 0 saturated carbocycles. The Bertz CT molecular complexity index is 915. The summed E-state index contributed by atoms with van der Waals surface area (Å²) in [5, 5.41) is 21.4. The van der Waals surface area contributed by atoms with E-state index in [-0.39, 0.29) is 11.9 Å². The van der Waals surface area contributed by atoms with Crippen molar-refractivity contribution >= 4 is 5.91 Å². The number of carbonyl (C=O) groups is 1. The molecule has 4 rings (SSSR count). The third-order valence-corrected chi connectivity index (χ3v) is 3.95. The van der Waals surface area contributed by atoms with E-state index in [4.69, 9.17) is 5.26 Å². The summed E-state index contributed by atoms with van der Waals surface area (Å²) in [6, 6.07) is 11.6. The van der Waals surface area contributed by atoms with Crippen LogP contribution < -0.4 is 0 Å². The zero-order chi connectivity index (χ0) is 16.5. The van der Waals surface area contributed by atoms with Crippen LogP contribution in [0.3, 0.4) is 0 Å². The summed E-state index contributed by atoms with van der Waals surface area (Å²) < 4.78 is 1.73. The first-order valence-electron chi connectivity index (χ1n) is 7.46. The van der Waals surface area contributed by atoms with Crippen molar-refractivity contribution < 1.29 is 4.79 Å². The minimum absolute atomic E-state index is 0.0974. The Kier molecular flexibility index (Phi) is 3.31. The second kappa shape index (κ2) is 5.62. The number of rotatable bonds is 3. The van der Waals surface area contributed by atoms with Gasteiger partial charge in [0.25, 0.3) is 5.91 Å². The average molecular weight is 319 g/mol. The number of carbonyl (C=O) groups excluding carboxylic acids is 1. The first-order chi connectivity index (χ1) is 11.7. The monoisotopic (exact) mass is 319 g/mol. The Balaban J connectivity index is 1.43. The smallest absolute Gasteiger partial charge is 0.276 e. The van der Waals surface area contributed by atoms with E-state index >= 15 is 0 Å². The van der Waals surface area contributed by atoms with E-state index in [9.17, 15) is 4.79 Å². The molecule has 24 heavy (non-hydrogen) atoms. The lowest BCUT2D eigenvalue weighted by atomic mass is 10.1. The van der Waals surface area contributed by atoms with Gasteiger partial charge < -0.3 is 4.90 Å². The predicted molar refractivity (Wildman–Crippen MR) is 83.2 cm³/mol. The van der Waals surface area contributed by atoms with E-state index < -0.39 is 0 Å². The molecular formula is C16H13N7O. The van der Waals surface area contributed by atoms with Crippen LogP contribution in [0.2, 0.25) is 0 Å². The van der Waals surface area contributed by atoms with Crippen LogP contribution in [0.5, 0.6) is 0 Å². The lowest BCUT2D eigenvalue weighted by Gasteiger charge is -2.38. The highest BCUT2D eigenvalue weighted by molar-refractivity contribution is 5.92. The third kappa shape index (κ3) is 2.42. The Morgan fingerprint density at radius 2 is 1.96 bits per heavy atom. The number of hydrogen-bond acceptors (Lipinski definition) is 5. The van der Waals surface area contributed by atoms with Gasteiger partial charge in [-0.15, -0.1) is 5.10 Å². The van der Waals surface area contributed by atoms with Crippen LogP contribution in [0.1, 0.15) is 22.1 Å². The van der Waals surface area contributed by atoms with E-state index in [1.807, 2.05) is 36.4 Å². The Labute approximate surface area is 137 Å². The molecule has 118 valence electrons. The van der Waals surface area contributed by atoms with Gasteiger partial charge in [-0.05, 0) is 12.1 Å². The molecule has 1 amide bonds. The second-order valence-corrected chi connectivity index (χ2v) is 5.54. The molecule has 0 radical (unpaired) electrons. The number of nitriles is 1. The third-order valence-electron chi connectivity index (χ3n) is 3.95. The SMILES string of the molecule is N#Cc1cnn(C2CN(C(=O)c3cnn(-c4ccccc4)n3)C2)c1. The van der Waals surface area contributed by atoms with Crippen molar-refractivity contribution in [1.82, 2.24) is 29.7 Å². The minimum atomic E-state index is -0.152. The molecule has 0 N–H and O–H groups in total. The number of benzene rings is 1. The quantitative estimate of drug-likeness (QED) is 0.719. The molecule has 3 aromatic rings. The molecular weight excluding hydrogens is 306 g/mol. The first-order valence-corrected chi connectivity index (χ1v) is 7.46. The molecule has 0 spiro atoms. The maximum Gasteiger partial charge on any atom is 0.276 e. The molecule has 1 aliphatic heterocycles. The summed E-state index contributed by atoms with van der Waals surface area (Å²) in [4.78, 5) is 15.6. The predicted octanol–water partition coefficient (Wildman–Crippen LogP) is 1.03. The van der Waals surface area contributed by atoms with Gasteiger partial charge in [-0.25, -0.2) is 0 Å². The number of amides is 1. The van der Waals surface area contributed by atoms with Crippen molar-refractivity contribution in [2.24, 2.45) is 0 Å². The van der Waals surface area contributed by atoms with Gasteiger partial charge in [0.15, 0.2) is 5.69 Å². The van der Waals surface area contributed by atoms with E-state index in [1.165, 1.54) is 17.2 Å². The molecule has 2 aromatic heterocycles. The van der Waals surface area contributed by atoms with Gasteiger partial charge in [0.1, 0.15) is 6.07 Å². The number of nitrogens with zero attached hydrogens (tertiary/aromatic N) is 7. The van der Waals surface area contributed by atoms with Gasteiger partial charge in [-0.2, -0.15) is 20.3 Å². The number of hydrogen-bond donors (Lipinski definition) is 0. The lowest BCUT2D eigenvalue weighted by molar-refractivity contribution is 0.0495. The highest BCUT2D eigenvalue weighted by Crippen LogP contribution is 2.22. The van der Waals surface area contributed by atoms with Crippen molar-refractivity contribution in [3.63, 3.8) is 0 Å². The Morgan fingerprint density at radius 3 is 2.67 bits per heavy atom. The maximum atomic E-state index is 12.4. The topological polar surface area (TPSA) is 92.6 Å². The molecule has 1 saturated heterocycles. The van der Waals surface area contributed by atoms with Gasteiger partial charge in [-0.3, -0.25) is 9.48 Å². The van der Waals surface area contributed by atoms with Crippen molar-refractivity contribution in [2.75, 3.05) is 13.1 Å². The largest absolute Gasteiger partial charge is 0.333 e. The Morgan fingerprint density at radius 1 is 1.17 bits per heavy atom. The molecule has 0 bridgehead atoms. The fourth-order valence-electron chi connectivity index (χ4n) is 2.59. The van der Waals surface area contributed by atoms with Crippen LogP contribution in [0.15, 0.2) is 48.9 Å². The van der Waals surface area contributed by atoms with Crippen LogP contribution in [-0.4, -0.2) is 48.7 Å². The van der Waals surface area contributed by atoms with Gasteiger partial charge in [0.2, 0.25) is 0 Å². The molecule has 8 heteroatoms. The average Bonchev–Trinajstić information content (AvgIpc) is 3.24. The molecule has 1 aliphatic rings. The molecule has 1 fully saturated rings. The number of likely N-dealkylation sites (tertiary alicyclic amines) is 1. The van der Waals surface area contributed by atoms with Crippen LogP contribution in [0.25, 0.3) is 5.69 Å². The molecule has 0 atom stereocenters. The molecule has 8 nitrogen and oxygen atoms in total. The fourth-order valence-corrected chi connectivity index (χ4v) is 2.59. The van der Waals surface area contributed by atoms with Crippen molar-refractivity contribution in [3.8, 4) is 11.8 Å². The lowest BCUT2D eigenvalue weighted by Crippen LogP contribution is -2.51. The van der Waals surface area contributed by atoms with Crippen LogP contribution >= 0.6 is 0 Å². The summed E-state index contributed by atoms with van der Waals surface area (Å²) in [6.45, 7) is 1.09. The summed E-state index contributed by atoms with van der Waals surface area (Å²) >= 11 is 0. The van der Waals surface area contributed by atoms with E-state index in [1.54, 1.807) is 15.8 Å². The summed E-state index contributed by atoms with van der Waals surface area (Å²) in [7, 11) is 0. The van der Waals surface area contributed by atoms with Crippen LogP contribution in [-0.2, 0) is 0 Å². The van der Waals surface area contributed by atoms with Crippen LogP contribution in [0, 0.1) is 11.3 Å². The summed E-state index contributed by atoms with van der Waals surface area (Å²) in [5.41, 5.74) is 1.64. The molecule has 1 aromatic carbocycles. The van der Waals surface area contributed by atoms with Crippen molar-refractivity contribution in [1.29, 1.82) is 5.26 Å². The van der Waals surface area contributed by atoms with Crippen LogP contribution in [0.4, 0.5) is 0 Å². The summed E-state index contributed by atoms with van der Waals surface area (Å²) in [5.74, 6) is -0.152. The summed E-state index contributed by atoms with van der Waals surface area (Å²) in [6.07, 6.45) is 4.69. The minimum Gasteiger partial charge on any atom is -0.333 e. The van der Waals surface area contributed by atoms with Crippen molar-refractivity contribution in [2.45, 2.75) is 6.04 Å². The van der Waals surface area contributed by atoms with Gasteiger partial charge in [-0.1, -0.05) is 18.2 Å². The fraction of sp³-hybridized carbons (Fsp3) is 0.188. The highest BCUT2D eigenvalue weighted by Gasteiger charge is 2.34. The highest BCUT2D eigenvalue weighted by atomic mass is 16.2. The van der Waals surface area contributed by atoms with E-state index in [0.717, 1.165) is 5.69 Å². The van der Waals surface area contributed by atoms with Gasteiger partial charge >= 0.3 is 0 Å². The van der Waals surface area contributed by atoms with Gasteiger partial charge in [0, 0.05) is 19.3 Å². The zero-order valence-electron chi connectivity index (χ0n) is 12.6. The van der Waals surface area contributed by atoms with Crippen molar-refractivity contribution in [3.05, 3.63) is 60.2 Å². The number of aromatic nitrogens is 5. The van der Waals surface area contributed by atoms with Gasteiger partial charge in [0.05, 0.1) is 29.7 Å². The standard InChI is InChI=1S/C16H13N7O/c17-6-12-7-18-22(9-12)14-10-21(11-14)16(24)15-8-19-23(20-15)13-4-2-1-3-5-13/h1-5,7-9,14H,10-11H2. The van der Waals surface area contributed by atoms with E-state index in [0.29, 0.717) is 24.3 Å². The molecule has 0 unspecified atom stereocenters. The number of para-hydroxylation sites is 1. The molecule has 3 heterocycles. The zero-order valence-corrected chi connectivity index (χ0v) is 12.6. The molecule has 0 aliphatic carbocycles. The van der Waals surface area contributed by atoms with E-state index in [2.05, 4.69) is 15.3 Å². The first kappa shape index (κ1) is 14.1. The maximum absolute atomic E-state index is 12.4. The normalized spacial score (nSPS) is 14.2. The Hall–Kier alpha value is -3.47.